The third-order valence-electron chi connectivity index (χ3n) is 3.13. The van der Waals surface area contributed by atoms with E-state index >= 15 is 0 Å². The first-order valence-electron chi connectivity index (χ1n) is 5.85. The quantitative estimate of drug-likeness (QED) is 0.751. The maximum absolute atomic E-state index is 12.1. The number of rotatable bonds is 2. The van der Waals surface area contributed by atoms with Gasteiger partial charge in [0.2, 0.25) is 0 Å². The maximum atomic E-state index is 12.1. The van der Waals surface area contributed by atoms with Gasteiger partial charge in [-0.15, -0.1) is 0 Å². The molecule has 1 fully saturated rings. The van der Waals surface area contributed by atoms with E-state index in [1.54, 1.807) is 0 Å². The van der Waals surface area contributed by atoms with Gasteiger partial charge in [0.25, 0.3) is 5.91 Å². The van der Waals surface area contributed by atoms with Crippen LogP contribution in [-0.2, 0) is 5.54 Å². The molecule has 0 bridgehead atoms. The average Bonchev–Trinajstić information content (AvgIpc) is 2.91. The van der Waals surface area contributed by atoms with E-state index in [1.807, 2.05) is 30.4 Å². The van der Waals surface area contributed by atoms with Gasteiger partial charge in [-0.2, -0.15) is 0 Å². The van der Waals surface area contributed by atoms with Gasteiger partial charge in [-0.25, -0.2) is 0 Å². The summed E-state index contributed by atoms with van der Waals surface area (Å²) >= 11 is 0. The highest BCUT2D eigenvalue weighted by atomic mass is 16.2. The summed E-state index contributed by atoms with van der Waals surface area (Å²) in [7, 11) is 1.90. The van der Waals surface area contributed by atoms with Crippen LogP contribution in [-0.4, -0.2) is 28.5 Å². The summed E-state index contributed by atoms with van der Waals surface area (Å²) in [5.41, 5.74) is 0.834. The summed E-state index contributed by atoms with van der Waals surface area (Å²) in [6.07, 6.45) is 6.24. The molecule has 1 saturated carbocycles. The Kier molecular flexibility index (Phi) is 2.56. The lowest BCUT2D eigenvalue weighted by Gasteiger charge is -2.21. The van der Waals surface area contributed by atoms with E-state index in [-0.39, 0.29) is 11.4 Å². The Bertz CT molecular complexity index is 396. The van der Waals surface area contributed by atoms with Crippen molar-refractivity contribution in [2.45, 2.75) is 45.2 Å². The van der Waals surface area contributed by atoms with Crippen LogP contribution in [0.5, 0.6) is 0 Å². The molecule has 0 aromatic carbocycles. The molecule has 1 aromatic heterocycles. The minimum Gasteiger partial charge on any atom is -0.348 e. The molecule has 0 spiro atoms. The Morgan fingerprint density at radius 3 is 2.50 bits per heavy atom. The Morgan fingerprint density at radius 2 is 2.06 bits per heavy atom. The van der Waals surface area contributed by atoms with E-state index in [9.17, 15) is 4.79 Å². The number of hydrogen-bond donors (Lipinski definition) is 0. The summed E-state index contributed by atoms with van der Waals surface area (Å²) in [5, 5.41) is 0. The molecular formula is C13H20N2O. The molecule has 0 N–H and O–H groups in total. The van der Waals surface area contributed by atoms with Gasteiger partial charge in [0.15, 0.2) is 0 Å². The molecule has 0 atom stereocenters. The molecule has 88 valence electrons. The van der Waals surface area contributed by atoms with Crippen molar-refractivity contribution >= 4 is 5.91 Å². The van der Waals surface area contributed by atoms with Crippen molar-refractivity contribution in [1.29, 1.82) is 0 Å². The predicted molar refractivity (Wildman–Crippen MR) is 64.5 cm³/mol. The van der Waals surface area contributed by atoms with Crippen LogP contribution >= 0.6 is 0 Å². The van der Waals surface area contributed by atoms with E-state index in [1.165, 1.54) is 0 Å². The largest absolute Gasteiger partial charge is 0.348 e. The lowest BCUT2D eigenvalue weighted by molar-refractivity contribution is 0.0785. The Balaban J connectivity index is 2.15. The highest BCUT2D eigenvalue weighted by Gasteiger charge is 2.30. The molecule has 1 heterocycles. The molecule has 1 aliphatic carbocycles. The van der Waals surface area contributed by atoms with E-state index in [0.717, 1.165) is 18.4 Å². The van der Waals surface area contributed by atoms with E-state index < -0.39 is 0 Å². The molecule has 0 unspecified atom stereocenters. The number of hydrogen-bond acceptors (Lipinski definition) is 1. The Morgan fingerprint density at radius 1 is 1.44 bits per heavy atom. The molecule has 3 nitrogen and oxygen atoms in total. The first kappa shape index (κ1) is 11.2. The second-order valence-corrected chi connectivity index (χ2v) is 5.63. The lowest BCUT2D eigenvalue weighted by atomic mass is 10.1. The molecule has 1 aromatic rings. The van der Waals surface area contributed by atoms with Crippen molar-refractivity contribution in [1.82, 2.24) is 9.47 Å². The van der Waals surface area contributed by atoms with Crippen LogP contribution in [0.4, 0.5) is 0 Å². The fourth-order valence-corrected chi connectivity index (χ4v) is 1.77. The van der Waals surface area contributed by atoms with E-state index in [4.69, 9.17) is 0 Å². The lowest BCUT2D eigenvalue weighted by Crippen LogP contribution is -2.28. The number of nitrogens with zero attached hydrogens (tertiary/aromatic N) is 2. The van der Waals surface area contributed by atoms with Gasteiger partial charge in [-0.05, 0) is 39.7 Å². The molecule has 2 rings (SSSR count). The van der Waals surface area contributed by atoms with Crippen LogP contribution in [0.25, 0.3) is 0 Å². The summed E-state index contributed by atoms with van der Waals surface area (Å²) in [6, 6.07) is 2.39. The van der Waals surface area contributed by atoms with Crippen molar-refractivity contribution < 1.29 is 4.79 Å². The van der Waals surface area contributed by atoms with Crippen molar-refractivity contribution in [3.05, 3.63) is 24.0 Å². The molecular weight excluding hydrogens is 200 g/mol. The zero-order valence-electron chi connectivity index (χ0n) is 10.5. The highest BCUT2D eigenvalue weighted by molar-refractivity contribution is 5.94. The van der Waals surface area contributed by atoms with Crippen LogP contribution in [0.2, 0.25) is 0 Å². The minimum absolute atomic E-state index is 0.0384. The molecule has 1 aliphatic rings. The molecule has 0 aliphatic heterocycles. The molecule has 0 saturated heterocycles. The third-order valence-corrected chi connectivity index (χ3v) is 3.13. The average molecular weight is 220 g/mol. The topological polar surface area (TPSA) is 25.2 Å². The standard InChI is InChI=1S/C13H20N2O/c1-13(2,3)15-8-7-10(9-15)12(16)14(4)11-5-6-11/h7-9,11H,5-6H2,1-4H3. The van der Waals surface area contributed by atoms with Crippen molar-refractivity contribution in [2.24, 2.45) is 0 Å². The van der Waals surface area contributed by atoms with Gasteiger partial charge in [0.05, 0.1) is 5.56 Å². The number of aromatic nitrogens is 1. The monoisotopic (exact) mass is 220 g/mol. The molecule has 1 amide bonds. The van der Waals surface area contributed by atoms with Crippen LogP contribution in [0, 0.1) is 0 Å². The van der Waals surface area contributed by atoms with Crippen LogP contribution in [0.1, 0.15) is 44.0 Å². The minimum atomic E-state index is 0.0384. The first-order chi connectivity index (χ1) is 7.39. The first-order valence-corrected chi connectivity index (χ1v) is 5.85. The number of amides is 1. The van der Waals surface area contributed by atoms with Crippen LogP contribution in [0.3, 0.4) is 0 Å². The fourth-order valence-electron chi connectivity index (χ4n) is 1.77. The smallest absolute Gasteiger partial charge is 0.255 e. The van der Waals surface area contributed by atoms with Crippen molar-refractivity contribution in [3.8, 4) is 0 Å². The predicted octanol–water partition coefficient (Wildman–Crippen LogP) is 2.48. The number of carbonyl (C=O) groups is 1. The van der Waals surface area contributed by atoms with E-state index in [2.05, 4.69) is 25.3 Å². The van der Waals surface area contributed by atoms with Gasteiger partial charge in [-0.3, -0.25) is 4.79 Å². The summed E-state index contributed by atoms with van der Waals surface area (Å²) in [5.74, 6) is 0.144. The van der Waals surface area contributed by atoms with Gasteiger partial charge in [0, 0.05) is 31.0 Å². The molecule has 3 heteroatoms. The van der Waals surface area contributed by atoms with Crippen LogP contribution in [0.15, 0.2) is 18.5 Å². The van der Waals surface area contributed by atoms with Gasteiger partial charge < -0.3 is 9.47 Å². The van der Waals surface area contributed by atoms with Gasteiger partial charge in [-0.1, -0.05) is 0 Å². The van der Waals surface area contributed by atoms with Crippen LogP contribution < -0.4 is 0 Å². The third kappa shape index (κ3) is 2.13. The zero-order chi connectivity index (χ0) is 11.9. The normalized spacial score (nSPS) is 16.2. The van der Waals surface area contributed by atoms with Crippen molar-refractivity contribution in [3.63, 3.8) is 0 Å². The Hall–Kier alpha value is -1.25. The maximum Gasteiger partial charge on any atom is 0.255 e. The fraction of sp³-hybridized carbons (Fsp3) is 0.615. The zero-order valence-corrected chi connectivity index (χ0v) is 10.5. The SMILES string of the molecule is CN(C(=O)c1ccn(C(C)(C)C)c1)C1CC1. The summed E-state index contributed by atoms with van der Waals surface area (Å²) in [4.78, 5) is 13.9. The molecule has 16 heavy (non-hydrogen) atoms. The Labute approximate surface area is 97.1 Å². The number of carbonyl (C=O) groups excluding carboxylic acids is 1. The molecule has 0 radical (unpaired) electrons. The van der Waals surface area contributed by atoms with Gasteiger partial charge >= 0.3 is 0 Å². The van der Waals surface area contributed by atoms with Crippen molar-refractivity contribution in [2.75, 3.05) is 7.05 Å². The second-order valence-electron chi connectivity index (χ2n) is 5.63. The summed E-state index contributed by atoms with van der Waals surface area (Å²) in [6.45, 7) is 6.39. The van der Waals surface area contributed by atoms with Gasteiger partial charge in [0.1, 0.15) is 0 Å². The highest BCUT2D eigenvalue weighted by Crippen LogP contribution is 2.27. The second kappa shape index (κ2) is 3.65. The summed E-state index contributed by atoms with van der Waals surface area (Å²) < 4.78 is 2.08. The van der Waals surface area contributed by atoms with E-state index in [0.29, 0.717) is 6.04 Å².